The second kappa shape index (κ2) is 6.01. The lowest BCUT2D eigenvalue weighted by Gasteiger charge is -2.11. The first-order valence-electron chi connectivity index (χ1n) is 6.21. The zero-order valence-electron chi connectivity index (χ0n) is 11.4. The number of benzene rings is 1. The van der Waals surface area contributed by atoms with Crippen LogP contribution in [-0.2, 0) is 11.4 Å². The molecule has 0 radical (unpaired) electrons. The Morgan fingerprint density at radius 2 is 2.10 bits per heavy atom. The van der Waals surface area contributed by atoms with Crippen molar-refractivity contribution in [1.29, 1.82) is 0 Å². The van der Waals surface area contributed by atoms with Crippen LogP contribution in [0.3, 0.4) is 0 Å². The first kappa shape index (κ1) is 13.8. The van der Waals surface area contributed by atoms with Crippen LogP contribution in [0.15, 0.2) is 40.3 Å². The Labute approximate surface area is 116 Å². The lowest BCUT2D eigenvalue weighted by atomic mass is 10.1. The molecule has 0 saturated heterocycles. The zero-order chi connectivity index (χ0) is 14.5. The largest absolute Gasteiger partial charge is 0.399 e. The van der Waals surface area contributed by atoms with Gasteiger partial charge in [-0.1, -0.05) is 35.5 Å². The van der Waals surface area contributed by atoms with E-state index in [2.05, 4.69) is 15.1 Å². The summed E-state index contributed by atoms with van der Waals surface area (Å²) < 4.78 is 1.34. The average molecular weight is 272 g/mol. The number of aryl methyl sites for hydroxylation is 1. The van der Waals surface area contributed by atoms with E-state index in [4.69, 9.17) is 5.73 Å². The first-order chi connectivity index (χ1) is 9.69. The first-order valence-corrected chi connectivity index (χ1v) is 6.21. The molecule has 6 nitrogen and oxygen atoms in total. The molecule has 0 saturated carbocycles. The summed E-state index contributed by atoms with van der Waals surface area (Å²) in [6, 6.07) is 9.50. The van der Waals surface area contributed by atoms with Gasteiger partial charge in [0.25, 0.3) is 5.56 Å². The van der Waals surface area contributed by atoms with Crippen molar-refractivity contribution in [1.82, 2.24) is 9.78 Å². The molecular formula is C14H16N4O2. The van der Waals surface area contributed by atoms with Gasteiger partial charge in [-0.15, -0.1) is 0 Å². The van der Waals surface area contributed by atoms with Gasteiger partial charge in [-0.25, -0.2) is 4.68 Å². The highest BCUT2D eigenvalue weighted by Crippen LogP contribution is 2.21. The molecule has 0 aliphatic heterocycles. The summed E-state index contributed by atoms with van der Waals surface area (Å²) in [6.45, 7) is 2.29. The van der Waals surface area contributed by atoms with Gasteiger partial charge in [-0.3, -0.25) is 4.79 Å². The Kier molecular flexibility index (Phi) is 4.14. The van der Waals surface area contributed by atoms with Gasteiger partial charge < -0.3 is 10.6 Å². The summed E-state index contributed by atoms with van der Waals surface area (Å²) in [4.78, 5) is 16.7. The smallest absolute Gasteiger partial charge is 0.290 e. The van der Waals surface area contributed by atoms with E-state index in [1.54, 1.807) is 0 Å². The van der Waals surface area contributed by atoms with Crippen LogP contribution in [0.4, 0.5) is 5.69 Å². The van der Waals surface area contributed by atoms with Crippen LogP contribution in [0.2, 0.25) is 0 Å². The van der Waals surface area contributed by atoms with Gasteiger partial charge in [0.2, 0.25) is 0 Å². The Balaban J connectivity index is 2.73. The standard InChI is InChI=1S/C14H16N4O2/c1-3-18-14(19)12(15)11(9-16-20-2)13(17-18)10-7-5-4-6-8-10/h4-9H,3,15H2,1-2H3. The molecule has 0 atom stereocenters. The minimum Gasteiger partial charge on any atom is -0.399 e. The number of oxime groups is 1. The quantitative estimate of drug-likeness (QED) is 0.675. The fraction of sp³-hybridized carbons (Fsp3) is 0.214. The molecule has 1 heterocycles. The maximum absolute atomic E-state index is 12.0. The summed E-state index contributed by atoms with van der Waals surface area (Å²) in [5.74, 6) is 0. The molecular weight excluding hydrogens is 256 g/mol. The Hall–Kier alpha value is -2.63. The maximum atomic E-state index is 12.0. The second-order valence-electron chi connectivity index (χ2n) is 4.08. The van der Waals surface area contributed by atoms with Crippen LogP contribution in [0.5, 0.6) is 0 Å². The molecule has 0 aliphatic carbocycles. The van der Waals surface area contributed by atoms with Crippen molar-refractivity contribution in [2.45, 2.75) is 13.5 Å². The minimum absolute atomic E-state index is 0.113. The molecule has 0 unspecified atom stereocenters. The van der Waals surface area contributed by atoms with Gasteiger partial charge >= 0.3 is 0 Å². The SMILES string of the molecule is CCn1nc(-c2ccccc2)c(C=NOC)c(N)c1=O. The van der Waals surface area contributed by atoms with Crippen LogP contribution >= 0.6 is 0 Å². The van der Waals surface area contributed by atoms with E-state index in [1.807, 2.05) is 37.3 Å². The second-order valence-corrected chi connectivity index (χ2v) is 4.08. The van der Waals surface area contributed by atoms with E-state index in [9.17, 15) is 4.79 Å². The van der Waals surface area contributed by atoms with E-state index in [0.717, 1.165) is 5.56 Å². The molecule has 20 heavy (non-hydrogen) atoms. The summed E-state index contributed by atoms with van der Waals surface area (Å²) in [5, 5.41) is 8.04. The molecule has 0 amide bonds. The van der Waals surface area contributed by atoms with Crippen LogP contribution in [0.1, 0.15) is 12.5 Å². The van der Waals surface area contributed by atoms with Crippen LogP contribution in [-0.4, -0.2) is 23.1 Å². The molecule has 0 bridgehead atoms. The molecule has 0 aliphatic rings. The normalized spacial score (nSPS) is 10.9. The van der Waals surface area contributed by atoms with Gasteiger partial charge in [-0.05, 0) is 6.92 Å². The zero-order valence-corrected chi connectivity index (χ0v) is 11.4. The van der Waals surface area contributed by atoms with Crippen molar-refractivity contribution in [3.63, 3.8) is 0 Å². The third-order valence-electron chi connectivity index (χ3n) is 2.86. The van der Waals surface area contributed by atoms with E-state index < -0.39 is 0 Å². The van der Waals surface area contributed by atoms with Gasteiger partial charge in [-0.2, -0.15) is 5.10 Å². The number of aromatic nitrogens is 2. The van der Waals surface area contributed by atoms with Crippen LogP contribution < -0.4 is 11.3 Å². The fourth-order valence-corrected chi connectivity index (χ4v) is 1.86. The van der Waals surface area contributed by atoms with Crippen LogP contribution in [0.25, 0.3) is 11.3 Å². The molecule has 104 valence electrons. The number of hydrogen-bond donors (Lipinski definition) is 1. The van der Waals surface area contributed by atoms with Crippen molar-refractivity contribution in [3.05, 3.63) is 46.2 Å². The fourth-order valence-electron chi connectivity index (χ4n) is 1.86. The summed E-state index contributed by atoms with van der Waals surface area (Å²) in [6.07, 6.45) is 1.41. The number of hydrogen-bond acceptors (Lipinski definition) is 5. The highest BCUT2D eigenvalue weighted by atomic mass is 16.6. The predicted octanol–water partition coefficient (Wildman–Crippen LogP) is 1.49. The molecule has 2 aromatic rings. The Bertz CT molecular complexity index is 678. The number of nitrogen functional groups attached to an aromatic ring is 1. The summed E-state index contributed by atoms with van der Waals surface area (Å²) in [5.41, 5.74) is 7.63. The van der Waals surface area contributed by atoms with E-state index in [-0.39, 0.29) is 11.2 Å². The monoisotopic (exact) mass is 272 g/mol. The Morgan fingerprint density at radius 1 is 1.40 bits per heavy atom. The van der Waals surface area contributed by atoms with Crippen molar-refractivity contribution in [3.8, 4) is 11.3 Å². The van der Waals surface area contributed by atoms with Crippen molar-refractivity contribution in [2.24, 2.45) is 5.16 Å². The molecule has 2 rings (SSSR count). The van der Waals surface area contributed by atoms with E-state index in [1.165, 1.54) is 18.0 Å². The topological polar surface area (TPSA) is 82.5 Å². The van der Waals surface area contributed by atoms with Gasteiger partial charge in [0, 0.05) is 12.1 Å². The van der Waals surface area contributed by atoms with Gasteiger partial charge in [0.05, 0.1) is 11.8 Å². The van der Waals surface area contributed by atoms with Crippen LogP contribution in [0, 0.1) is 0 Å². The lowest BCUT2D eigenvalue weighted by molar-refractivity contribution is 0.215. The predicted molar refractivity (Wildman–Crippen MR) is 78.6 cm³/mol. The van der Waals surface area contributed by atoms with Gasteiger partial charge in [0.1, 0.15) is 18.5 Å². The third kappa shape index (κ3) is 2.54. The highest BCUT2D eigenvalue weighted by Gasteiger charge is 2.14. The number of nitrogens with zero attached hydrogens (tertiary/aromatic N) is 3. The van der Waals surface area contributed by atoms with E-state index in [0.29, 0.717) is 17.8 Å². The minimum atomic E-state index is -0.329. The van der Waals surface area contributed by atoms with E-state index >= 15 is 0 Å². The van der Waals surface area contributed by atoms with Crippen molar-refractivity contribution < 1.29 is 4.84 Å². The molecule has 0 fully saturated rings. The highest BCUT2D eigenvalue weighted by molar-refractivity contribution is 5.94. The third-order valence-corrected chi connectivity index (χ3v) is 2.86. The molecule has 1 aromatic carbocycles. The summed E-state index contributed by atoms with van der Waals surface area (Å²) >= 11 is 0. The number of nitrogens with two attached hydrogens (primary N) is 1. The lowest BCUT2D eigenvalue weighted by Crippen LogP contribution is -2.27. The molecule has 0 spiro atoms. The average Bonchev–Trinajstić information content (AvgIpc) is 2.49. The number of anilines is 1. The van der Waals surface area contributed by atoms with Crippen molar-refractivity contribution >= 4 is 11.9 Å². The molecule has 6 heteroatoms. The Morgan fingerprint density at radius 3 is 2.70 bits per heavy atom. The van der Waals surface area contributed by atoms with Gasteiger partial charge in [0.15, 0.2) is 0 Å². The summed E-state index contributed by atoms with van der Waals surface area (Å²) in [7, 11) is 1.43. The maximum Gasteiger partial charge on any atom is 0.290 e. The van der Waals surface area contributed by atoms with Crippen molar-refractivity contribution in [2.75, 3.05) is 12.8 Å². The molecule has 2 N–H and O–H groups in total. The number of rotatable bonds is 4. The molecule has 1 aromatic heterocycles.